The highest BCUT2D eigenvalue weighted by Gasteiger charge is 2.29. The minimum Gasteiger partial charge on any atom is -0.618 e. The summed E-state index contributed by atoms with van der Waals surface area (Å²) >= 11 is 3.57. The molecule has 0 fully saturated rings. The Bertz CT molecular complexity index is 8450. The van der Waals surface area contributed by atoms with Crippen LogP contribution in [0.3, 0.4) is 0 Å². The van der Waals surface area contributed by atoms with E-state index in [1.165, 1.54) is 63.9 Å². The summed E-state index contributed by atoms with van der Waals surface area (Å²) in [7, 11) is 0. The molecule has 20 aromatic rings. The Hall–Kier alpha value is -16.4. The van der Waals surface area contributed by atoms with Crippen LogP contribution in [0, 0.1) is 5.21 Å². The van der Waals surface area contributed by atoms with E-state index in [0.717, 1.165) is 74.2 Å². The minimum atomic E-state index is -1.12. The summed E-state index contributed by atoms with van der Waals surface area (Å²) in [6, 6.07) is 92.0. The Morgan fingerprint density at radius 3 is 0.870 bits per heavy atom. The van der Waals surface area contributed by atoms with Crippen molar-refractivity contribution in [2.45, 2.75) is 65.5 Å². The number of hydrogen-bond acceptors (Lipinski definition) is 23. The monoisotopic (exact) mass is 1810 g/mol. The molecule has 30 heteroatoms. The molecule has 0 atom stereocenters. The van der Waals surface area contributed by atoms with Crippen molar-refractivity contribution in [2.75, 3.05) is 0 Å². The molecule has 0 saturated heterocycles. The van der Waals surface area contributed by atoms with E-state index in [1.54, 1.807) is 106 Å². The standard InChI is InChI=1S/2C26H17NO6S.C25H17NO4S.C24H16N2O5S/c28-21-20-22(33-26(32)23(21)34-17-10-6-9-16(13-17)25(30)31)18-11-4-5-12-19(18)27(24(20)29)14-15-7-2-1-3-8-15;28-21-20-22(33-26(32)23(21)34-17-12-10-16(11-13-17)25(30)31)18-8-4-5-9-19(18)27(24(20)29)14-15-6-2-1-3-7-15;27-21-20-22(30-25(29)23(21)31-17-11-5-2-6-12-17)18-13-7-8-14-19(18)26(24(20)28)15-16-9-3-1-4-10-16;27-20-19-21(31-24(29)22(20)32-18-12-6-7-13-26(18)30)16-10-4-5-11-17(16)25(23(19)28)14-15-8-2-1-3-9-15/h2*1-13,28H,14H2,(H,30,31);1-14,27H,15H2;1-13,27H,14H2. The van der Waals surface area contributed by atoms with Crippen LogP contribution >= 0.6 is 47.0 Å². The van der Waals surface area contributed by atoms with Gasteiger partial charge in [0.25, 0.3) is 27.3 Å². The number of carboxylic acids is 2. The molecule has 0 aliphatic rings. The summed E-state index contributed by atoms with van der Waals surface area (Å²) < 4.78 is 29.0. The van der Waals surface area contributed by atoms with Gasteiger partial charge in [-0.2, -0.15) is 4.73 Å². The molecule has 0 bridgehead atoms. The summed E-state index contributed by atoms with van der Waals surface area (Å²) in [6.45, 7) is 1.14. The zero-order chi connectivity index (χ0) is 91.3. The van der Waals surface area contributed by atoms with E-state index in [2.05, 4.69) is 0 Å². The van der Waals surface area contributed by atoms with Crippen LogP contribution in [0.25, 0.3) is 87.5 Å². The number of rotatable bonds is 18. The lowest BCUT2D eigenvalue weighted by atomic mass is 10.1. The lowest BCUT2D eigenvalue weighted by Crippen LogP contribution is -2.28. The van der Waals surface area contributed by atoms with Crippen LogP contribution in [-0.2, 0) is 26.2 Å². The second kappa shape index (κ2) is 37.6. The number of nitrogens with zero attached hydrogens (tertiary/aromatic N) is 5. The molecular weight excluding hydrogens is 1750 g/mol. The number of para-hydroxylation sites is 4. The van der Waals surface area contributed by atoms with Crippen LogP contribution in [0.2, 0.25) is 0 Å². The van der Waals surface area contributed by atoms with Crippen molar-refractivity contribution in [3.05, 3.63) is 443 Å². The molecule has 0 spiro atoms. The molecule has 131 heavy (non-hydrogen) atoms. The molecule has 0 aliphatic carbocycles. The van der Waals surface area contributed by atoms with Gasteiger partial charge in [-0.15, -0.1) is 0 Å². The van der Waals surface area contributed by atoms with Crippen LogP contribution in [0.4, 0.5) is 0 Å². The van der Waals surface area contributed by atoms with Crippen molar-refractivity contribution in [1.82, 2.24) is 18.3 Å². The maximum Gasteiger partial charge on any atom is 0.354 e. The van der Waals surface area contributed by atoms with Crippen LogP contribution < -0.4 is 49.5 Å². The van der Waals surface area contributed by atoms with E-state index in [1.807, 2.05) is 170 Å². The third-order valence-electron chi connectivity index (χ3n) is 21.1. The van der Waals surface area contributed by atoms with Gasteiger partial charge in [-0.05, 0) is 143 Å². The first kappa shape index (κ1) is 86.7. The van der Waals surface area contributed by atoms with Crippen LogP contribution in [0.15, 0.2) is 417 Å². The van der Waals surface area contributed by atoms with Gasteiger partial charge in [0, 0.05) is 48.4 Å². The Morgan fingerprint density at radius 1 is 0.290 bits per heavy atom. The molecule has 6 N–H and O–H groups in total. The first-order valence-corrected chi connectivity index (χ1v) is 43.3. The Balaban J connectivity index is 0.000000122. The normalized spacial score (nSPS) is 11.2. The first-order valence-electron chi connectivity index (χ1n) is 40.1. The molecule has 0 amide bonds. The zero-order valence-electron chi connectivity index (χ0n) is 68.1. The molecular formula is C101H67N5O21S4. The fourth-order valence-electron chi connectivity index (χ4n) is 15.0. The zero-order valence-corrected chi connectivity index (χ0v) is 71.4. The van der Waals surface area contributed by atoms with Crippen molar-refractivity contribution in [2.24, 2.45) is 0 Å². The number of carbonyl (C=O) groups is 2. The third kappa shape index (κ3) is 17.7. The predicted octanol–water partition coefficient (Wildman–Crippen LogP) is 18.1. The number of fused-ring (bicyclic) bond motifs is 12. The fourth-order valence-corrected chi connectivity index (χ4v) is 18.4. The summed E-state index contributed by atoms with van der Waals surface area (Å²) in [5.74, 6) is -3.99. The molecule has 0 aliphatic heterocycles. The van der Waals surface area contributed by atoms with E-state index < -0.39 is 73.9 Å². The first-order chi connectivity index (χ1) is 63.5. The van der Waals surface area contributed by atoms with Gasteiger partial charge < -0.3 is 71.8 Å². The average Bonchev–Trinajstić information content (AvgIpc) is 0.750. The lowest BCUT2D eigenvalue weighted by molar-refractivity contribution is -0.645. The van der Waals surface area contributed by atoms with Gasteiger partial charge in [0.1, 0.15) is 41.1 Å². The van der Waals surface area contributed by atoms with Crippen molar-refractivity contribution < 1.29 is 62.6 Å². The lowest BCUT2D eigenvalue weighted by Gasteiger charge is -2.14. The summed E-state index contributed by atoms with van der Waals surface area (Å²) in [4.78, 5) is 129. The van der Waals surface area contributed by atoms with Gasteiger partial charge in [0.2, 0.25) is 0 Å². The molecule has 646 valence electrons. The van der Waals surface area contributed by atoms with Gasteiger partial charge in [-0.1, -0.05) is 229 Å². The van der Waals surface area contributed by atoms with Gasteiger partial charge in [-0.25, -0.2) is 28.8 Å². The SMILES string of the molecule is O=C(O)c1ccc(Sc2c(O)c3c(=O)n(Cc4ccccc4)c4ccccc4c3oc2=O)cc1.O=C(O)c1cccc(Sc2c(O)c3c(=O)n(Cc4ccccc4)c4ccccc4c3oc2=O)c1.O=c1oc2c(c(O)c1Sc1cccc[n+]1[O-])c(=O)n(Cc1ccccc1)c1ccccc21.O=c1oc2c(c(O)c1Sc1ccccc1)c(=O)n(Cc1ccccc1)c1ccccc21. The van der Waals surface area contributed by atoms with Crippen molar-refractivity contribution in [3.8, 4) is 23.0 Å². The predicted molar refractivity (Wildman–Crippen MR) is 501 cm³/mol. The van der Waals surface area contributed by atoms with Crippen LogP contribution in [0.1, 0.15) is 43.0 Å². The fraction of sp³-hybridized carbons (Fsp3) is 0.0396. The van der Waals surface area contributed by atoms with Crippen molar-refractivity contribution in [1.29, 1.82) is 0 Å². The maximum atomic E-state index is 13.6. The molecule has 11 aromatic carbocycles. The van der Waals surface area contributed by atoms with Gasteiger partial charge >= 0.3 is 34.4 Å². The molecule has 0 unspecified atom stereocenters. The number of carboxylic acid groups (broad SMARTS) is 2. The summed E-state index contributed by atoms with van der Waals surface area (Å²) in [5, 5.41) is 76.6. The van der Waals surface area contributed by atoms with Crippen molar-refractivity contribution >= 4 is 146 Å². The van der Waals surface area contributed by atoms with E-state index in [4.69, 9.17) is 22.8 Å². The highest BCUT2D eigenvalue weighted by atomic mass is 32.2. The van der Waals surface area contributed by atoms with E-state index in [-0.39, 0.29) is 105 Å². The number of aromatic nitrogens is 5. The Kier molecular flexibility index (Phi) is 24.9. The summed E-state index contributed by atoms with van der Waals surface area (Å²) in [5.41, 5.74) is 1.30. The number of pyridine rings is 5. The Labute approximate surface area is 754 Å². The minimum absolute atomic E-state index is 0.00246. The van der Waals surface area contributed by atoms with Gasteiger partial charge in [0.05, 0.1) is 59.4 Å². The largest absolute Gasteiger partial charge is 0.618 e. The number of hydrogen-bond donors (Lipinski definition) is 6. The highest BCUT2D eigenvalue weighted by molar-refractivity contribution is 8.00. The number of aromatic carboxylic acids is 2. The van der Waals surface area contributed by atoms with Crippen LogP contribution in [-0.4, -0.2) is 60.8 Å². The Morgan fingerprint density at radius 2 is 0.557 bits per heavy atom. The topological polar surface area (TPSA) is 391 Å². The smallest absolute Gasteiger partial charge is 0.354 e. The second-order valence-corrected chi connectivity index (χ2v) is 33.7. The van der Waals surface area contributed by atoms with Crippen LogP contribution in [0.5, 0.6) is 23.0 Å². The third-order valence-corrected chi connectivity index (χ3v) is 25.4. The quantitative estimate of drug-likeness (QED) is 0.0264. The molecule has 20 rings (SSSR count). The van der Waals surface area contributed by atoms with E-state index in [9.17, 15) is 78.7 Å². The highest BCUT2D eigenvalue weighted by Crippen LogP contribution is 2.43. The van der Waals surface area contributed by atoms with Crippen molar-refractivity contribution in [3.63, 3.8) is 0 Å². The van der Waals surface area contributed by atoms with E-state index >= 15 is 0 Å². The summed E-state index contributed by atoms with van der Waals surface area (Å²) in [6.07, 6.45) is 1.28. The molecule has 9 heterocycles. The molecule has 0 saturated carbocycles. The molecule has 26 nitrogen and oxygen atoms in total. The number of benzene rings is 11. The maximum absolute atomic E-state index is 13.6. The molecule has 9 aromatic heterocycles. The van der Waals surface area contributed by atoms with E-state index in [0.29, 0.717) is 64.7 Å². The second-order valence-electron chi connectivity index (χ2n) is 29.4. The number of aromatic hydroxyl groups is 4. The van der Waals surface area contributed by atoms with Gasteiger partial charge in [0.15, 0.2) is 51.5 Å². The molecule has 0 radical (unpaired) electrons. The van der Waals surface area contributed by atoms with Gasteiger partial charge in [-0.3, -0.25) is 19.2 Å². The average molecular weight is 1810 g/mol.